The lowest BCUT2D eigenvalue weighted by atomic mass is 10.2. The Kier molecular flexibility index (Phi) is 20.0. The van der Waals surface area contributed by atoms with Crippen molar-refractivity contribution in [2.45, 2.75) is 13.8 Å². The van der Waals surface area contributed by atoms with E-state index in [0.29, 0.717) is 24.3 Å². The van der Waals surface area contributed by atoms with Crippen LogP contribution in [0.2, 0.25) is 0 Å². The second-order valence-electron chi connectivity index (χ2n) is 6.54. The van der Waals surface area contributed by atoms with Crippen molar-refractivity contribution in [3.63, 3.8) is 0 Å². The van der Waals surface area contributed by atoms with Gasteiger partial charge in [-0.3, -0.25) is 4.90 Å². The van der Waals surface area contributed by atoms with E-state index in [1.54, 1.807) is 13.8 Å². The molecule has 32 heavy (non-hydrogen) atoms. The van der Waals surface area contributed by atoms with Gasteiger partial charge in [0.15, 0.2) is 0 Å². The zero-order valence-electron chi connectivity index (χ0n) is 19.6. The van der Waals surface area contributed by atoms with Crippen LogP contribution in [0.3, 0.4) is 0 Å². The van der Waals surface area contributed by atoms with Gasteiger partial charge in [-0.1, -0.05) is 81.0 Å². The summed E-state index contributed by atoms with van der Waals surface area (Å²) in [5.74, 6) is -0.706. The van der Waals surface area contributed by atoms with Crippen LogP contribution in [0.5, 0.6) is 0 Å². The van der Waals surface area contributed by atoms with Crippen LogP contribution in [0.4, 0.5) is 0 Å². The van der Waals surface area contributed by atoms with Gasteiger partial charge in [-0.25, -0.2) is 9.59 Å². The normalized spacial score (nSPS) is 8.97. The Bertz CT molecular complexity index is 740. The van der Waals surface area contributed by atoms with E-state index in [-0.39, 0.29) is 18.5 Å². The Morgan fingerprint density at radius 3 is 1.72 bits per heavy atom. The molecule has 0 N–H and O–H groups in total. The minimum Gasteiger partial charge on any atom is -0.461 e. The molecule has 1 aromatic carbocycles. The predicted octanol–water partition coefficient (Wildman–Crippen LogP) is 5.40. The molecule has 1 rings (SSSR count). The molecule has 0 saturated heterocycles. The van der Waals surface area contributed by atoms with E-state index in [9.17, 15) is 9.59 Å². The Labute approximate surface area is 193 Å². The summed E-state index contributed by atoms with van der Waals surface area (Å²) in [4.78, 5) is 23.7. The summed E-state index contributed by atoms with van der Waals surface area (Å²) in [6.07, 6.45) is 6.97. The molecule has 5 heteroatoms. The number of ether oxygens (including phenoxy) is 2. The number of carbonyl (C=O) groups excluding carboxylic acids is 2. The molecular formula is C27H37NO4. The lowest BCUT2D eigenvalue weighted by molar-refractivity contribution is -0.139. The maximum atomic E-state index is 11.1. The first-order chi connectivity index (χ1) is 15.2. The standard InChI is InChI=1S/C12H19NO2.C8H8.C7H10O2/c1-5-7-13(8-6-2)9-10-15-12(14)11(3)4;1-2-8-6-4-3-5-7-8;1-4-5-9-7(8)6(2)3/h5-6H,1-3,7-10H2,4H3;2-7H,1H2;4H,1-2,5H2,3H3. The smallest absolute Gasteiger partial charge is 0.333 e. The lowest BCUT2D eigenvalue weighted by Crippen LogP contribution is -2.28. The van der Waals surface area contributed by atoms with Crippen molar-refractivity contribution in [1.29, 1.82) is 0 Å². The highest BCUT2D eigenvalue weighted by Crippen LogP contribution is 1.97. The van der Waals surface area contributed by atoms with E-state index in [2.05, 4.69) is 49.1 Å². The molecule has 0 heterocycles. The third-order valence-corrected chi connectivity index (χ3v) is 3.48. The molecule has 0 aliphatic rings. The molecule has 5 nitrogen and oxygen atoms in total. The molecule has 0 amide bonds. The van der Waals surface area contributed by atoms with E-state index in [4.69, 9.17) is 4.74 Å². The zero-order chi connectivity index (χ0) is 24.8. The van der Waals surface area contributed by atoms with Crippen LogP contribution in [-0.4, -0.2) is 49.7 Å². The molecule has 0 radical (unpaired) electrons. The van der Waals surface area contributed by atoms with Crippen molar-refractivity contribution in [2.24, 2.45) is 0 Å². The van der Waals surface area contributed by atoms with Gasteiger partial charge in [0.25, 0.3) is 0 Å². The van der Waals surface area contributed by atoms with Crippen molar-refractivity contribution in [3.8, 4) is 0 Å². The fourth-order valence-corrected chi connectivity index (χ4v) is 1.86. The third-order valence-electron chi connectivity index (χ3n) is 3.48. The molecule has 0 unspecified atom stereocenters. The average Bonchev–Trinajstić information content (AvgIpc) is 2.78. The largest absolute Gasteiger partial charge is 0.461 e. The minimum atomic E-state index is -0.366. The van der Waals surface area contributed by atoms with Crippen LogP contribution in [0.1, 0.15) is 19.4 Å². The summed E-state index contributed by atoms with van der Waals surface area (Å²) < 4.78 is 9.57. The van der Waals surface area contributed by atoms with Gasteiger partial charge in [0.1, 0.15) is 13.2 Å². The van der Waals surface area contributed by atoms with Gasteiger partial charge in [-0.05, 0) is 19.4 Å². The monoisotopic (exact) mass is 439 g/mol. The Morgan fingerprint density at radius 2 is 1.34 bits per heavy atom. The molecular weight excluding hydrogens is 402 g/mol. The highest BCUT2D eigenvalue weighted by atomic mass is 16.5. The van der Waals surface area contributed by atoms with Crippen LogP contribution in [0.15, 0.2) is 99.2 Å². The average molecular weight is 440 g/mol. The number of carbonyl (C=O) groups is 2. The highest BCUT2D eigenvalue weighted by molar-refractivity contribution is 5.87. The van der Waals surface area contributed by atoms with Gasteiger partial charge < -0.3 is 9.47 Å². The molecule has 0 spiro atoms. The first-order valence-corrected chi connectivity index (χ1v) is 10.1. The van der Waals surface area contributed by atoms with Crippen LogP contribution in [0, 0.1) is 0 Å². The molecule has 0 aliphatic carbocycles. The maximum Gasteiger partial charge on any atom is 0.333 e. The Balaban J connectivity index is 0. The van der Waals surface area contributed by atoms with Gasteiger partial charge >= 0.3 is 11.9 Å². The number of benzene rings is 1. The van der Waals surface area contributed by atoms with Crippen molar-refractivity contribution >= 4 is 18.0 Å². The van der Waals surface area contributed by atoms with Gasteiger partial charge in [0.2, 0.25) is 0 Å². The molecule has 1 aromatic rings. The molecule has 0 aromatic heterocycles. The van der Waals surface area contributed by atoms with Gasteiger partial charge in [0, 0.05) is 30.8 Å². The number of hydrogen-bond donors (Lipinski definition) is 0. The van der Waals surface area contributed by atoms with Crippen LogP contribution < -0.4 is 0 Å². The Morgan fingerprint density at radius 1 is 0.844 bits per heavy atom. The van der Waals surface area contributed by atoms with E-state index in [0.717, 1.165) is 13.1 Å². The van der Waals surface area contributed by atoms with E-state index in [1.165, 1.54) is 11.6 Å². The minimum absolute atomic E-state index is 0.256. The van der Waals surface area contributed by atoms with Crippen LogP contribution in [0.25, 0.3) is 6.08 Å². The first-order valence-electron chi connectivity index (χ1n) is 10.1. The van der Waals surface area contributed by atoms with Gasteiger partial charge in [-0.15, -0.1) is 13.2 Å². The predicted molar refractivity (Wildman–Crippen MR) is 135 cm³/mol. The van der Waals surface area contributed by atoms with E-state index >= 15 is 0 Å². The SMILES string of the molecule is C=CCN(CC=C)CCOC(=O)C(=C)C.C=CCOC(=O)C(=C)C.C=Cc1ccccc1. The van der Waals surface area contributed by atoms with Crippen LogP contribution >= 0.6 is 0 Å². The molecule has 0 fully saturated rings. The van der Waals surface area contributed by atoms with Crippen molar-refractivity contribution in [2.75, 3.05) is 32.8 Å². The second-order valence-corrected chi connectivity index (χ2v) is 6.54. The van der Waals surface area contributed by atoms with E-state index < -0.39 is 0 Å². The summed E-state index contributed by atoms with van der Waals surface area (Å²) >= 11 is 0. The summed E-state index contributed by atoms with van der Waals surface area (Å²) in [6.45, 7) is 27.3. The van der Waals surface area contributed by atoms with Crippen molar-refractivity contribution in [3.05, 3.63) is 105 Å². The summed E-state index contributed by atoms with van der Waals surface area (Å²) in [5, 5.41) is 0. The molecule has 0 bridgehead atoms. The quantitative estimate of drug-likeness (QED) is 0.248. The lowest BCUT2D eigenvalue weighted by Gasteiger charge is -2.18. The first kappa shape index (κ1) is 30.8. The Hall–Kier alpha value is -3.44. The maximum absolute atomic E-state index is 11.1. The van der Waals surface area contributed by atoms with Gasteiger partial charge in [-0.2, -0.15) is 0 Å². The summed E-state index contributed by atoms with van der Waals surface area (Å²) in [7, 11) is 0. The number of esters is 2. The number of hydrogen-bond acceptors (Lipinski definition) is 5. The fourth-order valence-electron chi connectivity index (χ4n) is 1.86. The van der Waals surface area contributed by atoms with Gasteiger partial charge in [0.05, 0.1) is 0 Å². The molecule has 174 valence electrons. The molecule has 0 saturated carbocycles. The zero-order valence-corrected chi connectivity index (χ0v) is 19.6. The fraction of sp³-hybridized carbons (Fsp3) is 0.259. The molecule has 0 atom stereocenters. The van der Waals surface area contributed by atoms with E-state index in [1.807, 2.05) is 48.6 Å². The summed E-state index contributed by atoms with van der Waals surface area (Å²) in [6, 6.07) is 10.0. The topological polar surface area (TPSA) is 55.8 Å². The number of nitrogens with zero attached hydrogens (tertiary/aromatic N) is 1. The summed E-state index contributed by atoms with van der Waals surface area (Å²) in [5.41, 5.74) is 2.01. The van der Waals surface area contributed by atoms with Crippen LogP contribution in [-0.2, 0) is 19.1 Å². The molecule has 0 aliphatic heterocycles. The second kappa shape index (κ2) is 20.8. The highest BCUT2D eigenvalue weighted by Gasteiger charge is 2.05. The number of rotatable bonds is 12. The third kappa shape index (κ3) is 18.6. The van der Waals surface area contributed by atoms with Crippen molar-refractivity contribution in [1.82, 2.24) is 4.90 Å². The van der Waals surface area contributed by atoms with Crippen molar-refractivity contribution < 1.29 is 19.1 Å².